The van der Waals surface area contributed by atoms with Crippen molar-refractivity contribution in [3.05, 3.63) is 249 Å². The third-order valence-electron chi connectivity index (χ3n) is 15.2. The van der Waals surface area contributed by atoms with Gasteiger partial charge in [-0.25, -0.2) is 0 Å². The third-order valence-corrected chi connectivity index (χ3v) is 15.2. The van der Waals surface area contributed by atoms with Crippen LogP contribution < -0.4 is 9.80 Å². The molecule has 73 heavy (non-hydrogen) atoms. The molecule has 0 saturated heterocycles. The highest BCUT2D eigenvalue weighted by atomic mass is 16.3. The quantitative estimate of drug-likeness (QED) is 0.160. The van der Waals surface area contributed by atoms with E-state index in [0.717, 1.165) is 78.0 Å². The molecular formula is C68H41N3O2. The fourth-order valence-corrected chi connectivity index (χ4v) is 11.8. The Balaban J connectivity index is 0.913. The van der Waals surface area contributed by atoms with E-state index in [4.69, 9.17) is 8.83 Å². The molecule has 0 aliphatic rings. The van der Waals surface area contributed by atoms with Gasteiger partial charge in [-0.3, -0.25) is 0 Å². The van der Waals surface area contributed by atoms with Crippen molar-refractivity contribution in [1.82, 2.24) is 4.40 Å². The van der Waals surface area contributed by atoms with Gasteiger partial charge in [-0.15, -0.1) is 0 Å². The van der Waals surface area contributed by atoms with Crippen LogP contribution in [0.4, 0.5) is 34.1 Å². The van der Waals surface area contributed by atoms with Crippen molar-refractivity contribution in [2.75, 3.05) is 9.80 Å². The molecule has 0 amide bonds. The van der Waals surface area contributed by atoms with Crippen LogP contribution in [0.25, 0.3) is 115 Å². The number of para-hydroxylation sites is 4. The van der Waals surface area contributed by atoms with Gasteiger partial charge in [-0.1, -0.05) is 115 Å². The summed E-state index contributed by atoms with van der Waals surface area (Å²) in [5.74, 6) is 0. The van der Waals surface area contributed by atoms with Crippen LogP contribution in [0.1, 0.15) is 0 Å². The van der Waals surface area contributed by atoms with Gasteiger partial charge >= 0.3 is 0 Å². The van der Waals surface area contributed by atoms with E-state index in [2.05, 4.69) is 239 Å². The lowest BCUT2D eigenvalue weighted by atomic mass is 9.97. The Hall–Kier alpha value is -9.84. The van der Waals surface area contributed by atoms with Crippen molar-refractivity contribution in [3.63, 3.8) is 0 Å². The van der Waals surface area contributed by atoms with E-state index in [1.54, 1.807) is 0 Å². The second-order valence-corrected chi connectivity index (χ2v) is 19.3. The summed E-state index contributed by atoms with van der Waals surface area (Å²) in [5, 5.41) is 14.1. The Morgan fingerprint density at radius 1 is 0.247 bits per heavy atom. The van der Waals surface area contributed by atoms with E-state index in [9.17, 15) is 0 Å². The monoisotopic (exact) mass is 931 g/mol. The smallest absolute Gasteiger partial charge is 0.135 e. The van der Waals surface area contributed by atoms with Crippen molar-refractivity contribution in [2.45, 2.75) is 0 Å². The molecule has 5 heteroatoms. The lowest BCUT2D eigenvalue weighted by Crippen LogP contribution is -2.09. The molecule has 0 aliphatic carbocycles. The maximum atomic E-state index is 6.28. The summed E-state index contributed by atoms with van der Waals surface area (Å²) >= 11 is 0. The minimum atomic E-state index is 0.880. The number of nitrogens with zero attached hydrogens (tertiary/aromatic N) is 3. The molecule has 340 valence electrons. The fraction of sp³-hybridized carbons (Fsp3) is 0. The van der Waals surface area contributed by atoms with Crippen LogP contribution in [0.5, 0.6) is 0 Å². The minimum absolute atomic E-state index is 0.880. The number of furan rings is 2. The highest BCUT2D eigenvalue weighted by Gasteiger charge is 2.23. The van der Waals surface area contributed by atoms with Crippen molar-refractivity contribution < 1.29 is 8.83 Å². The maximum Gasteiger partial charge on any atom is 0.135 e. The Bertz CT molecular complexity index is 4570. The highest BCUT2D eigenvalue weighted by molar-refractivity contribution is 6.27. The van der Waals surface area contributed by atoms with Gasteiger partial charge in [-0.05, 0) is 166 Å². The van der Waals surface area contributed by atoms with Crippen molar-refractivity contribution in [1.29, 1.82) is 0 Å². The van der Waals surface area contributed by atoms with E-state index in [-0.39, 0.29) is 0 Å². The topological polar surface area (TPSA) is 37.2 Å². The Kier molecular flexibility index (Phi) is 8.39. The molecule has 0 aliphatic heterocycles. The van der Waals surface area contributed by atoms with Gasteiger partial charge in [0.1, 0.15) is 22.3 Å². The van der Waals surface area contributed by atoms with Gasteiger partial charge in [-0.2, -0.15) is 0 Å². The first-order valence-corrected chi connectivity index (χ1v) is 24.9. The molecule has 16 rings (SSSR count). The van der Waals surface area contributed by atoms with Crippen molar-refractivity contribution in [3.8, 4) is 11.1 Å². The Morgan fingerprint density at radius 2 is 0.658 bits per heavy atom. The number of hydrogen-bond donors (Lipinski definition) is 0. The van der Waals surface area contributed by atoms with Crippen molar-refractivity contribution >= 4 is 138 Å². The fourth-order valence-electron chi connectivity index (χ4n) is 11.8. The Morgan fingerprint density at radius 3 is 1.15 bits per heavy atom. The number of benzene rings is 12. The number of rotatable bonds is 7. The first-order chi connectivity index (χ1) is 36.1. The summed E-state index contributed by atoms with van der Waals surface area (Å²) in [4.78, 5) is 4.71. The van der Waals surface area contributed by atoms with E-state index >= 15 is 0 Å². The minimum Gasteiger partial charge on any atom is -0.456 e. The maximum absolute atomic E-state index is 6.28. The second-order valence-electron chi connectivity index (χ2n) is 19.3. The summed E-state index contributed by atoms with van der Waals surface area (Å²) in [6.45, 7) is 0. The molecule has 5 nitrogen and oxygen atoms in total. The number of fused-ring (bicyclic) bond motifs is 14. The first kappa shape index (κ1) is 39.9. The number of anilines is 6. The van der Waals surface area contributed by atoms with Crippen LogP contribution in [0.15, 0.2) is 258 Å². The highest BCUT2D eigenvalue weighted by Crippen LogP contribution is 2.47. The van der Waals surface area contributed by atoms with E-state index in [1.165, 1.54) is 70.8 Å². The molecule has 0 fully saturated rings. The van der Waals surface area contributed by atoms with Gasteiger partial charge in [0, 0.05) is 77.2 Å². The molecule has 0 spiro atoms. The van der Waals surface area contributed by atoms with Gasteiger partial charge in [0.15, 0.2) is 0 Å². The van der Waals surface area contributed by atoms with Gasteiger partial charge < -0.3 is 23.0 Å². The molecule has 0 saturated carbocycles. The van der Waals surface area contributed by atoms with E-state index < -0.39 is 0 Å². The van der Waals surface area contributed by atoms with Crippen LogP contribution in [0, 0.1) is 0 Å². The van der Waals surface area contributed by atoms with Crippen LogP contribution in [-0.4, -0.2) is 4.40 Å². The summed E-state index contributed by atoms with van der Waals surface area (Å²) in [5.41, 5.74) is 16.0. The summed E-state index contributed by atoms with van der Waals surface area (Å²) in [6.07, 6.45) is 0. The molecule has 12 aromatic carbocycles. The lowest BCUT2D eigenvalue weighted by molar-refractivity contribution is 0.668. The van der Waals surface area contributed by atoms with Gasteiger partial charge in [0.2, 0.25) is 0 Å². The van der Waals surface area contributed by atoms with Gasteiger partial charge in [0.25, 0.3) is 0 Å². The van der Waals surface area contributed by atoms with E-state index in [1.807, 2.05) is 24.3 Å². The lowest BCUT2D eigenvalue weighted by Gasteiger charge is -2.26. The van der Waals surface area contributed by atoms with Gasteiger partial charge in [0.05, 0.1) is 16.6 Å². The molecule has 0 radical (unpaired) electrons. The molecule has 4 heterocycles. The number of aromatic nitrogens is 1. The normalized spacial score (nSPS) is 12.1. The van der Waals surface area contributed by atoms with Crippen LogP contribution in [0.3, 0.4) is 0 Å². The molecule has 16 aromatic rings. The zero-order valence-electron chi connectivity index (χ0n) is 39.3. The molecule has 0 N–H and O–H groups in total. The van der Waals surface area contributed by atoms with Crippen LogP contribution in [0.2, 0.25) is 0 Å². The summed E-state index contributed by atoms with van der Waals surface area (Å²) in [7, 11) is 0. The second kappa shape index (κ2) is 15.3. The Labute approximate surface area is 418 Å². The average molecular weight is 932 g/mol. The summed E-state index contributed by atoms with van der Waals surface area (Å²) in [6, 6.07) is 90.0. The third kappa shape index (κ3) is 6.09. The zero-order chi connectivity index (χ0) is 47.7. The first-order valence-electron chi connectivity index (χ1n) is 24.9. The standard InChI is InChI=1S/C68H41N3O2/c1-4-14-42(15-5-1)47-36-60-56-34-43-24-26-50(69(48-16-6-2-7-17-48)52-28-30-66-58(40-52)54-20-10-12-22-64(54)72-66)32-45(43)38-62(56)71-63-39-46-33-51(27-25-44(46)35-57(63)61(37-47)68(60)71)70(49-18-8-3-9-19-49)53-29-31-67-59(41-53)55-21-11-13-23-65(55)73-67/h1-41H. The predicted molar refractivity (Wildman–Crippen MR) is 305 cm³/mol. The molecular weight excluding hydrogens is 891 g/mol. The molecule has 0 unspecified atom stereocenters. The SMILES string of the molecule is c1ccc(-c2cc3c4cc5ccc(N(c6ccccc6)c6ccc7oc8ccccc8c7c6)cc5cc4n4c5cc6cc(N(c7ccccc7)c7ccc8oc9ccccc9c8c7)ccc6cc5c(c2)c34)cc1. The van der Waals surface area contributed by atoms with E-state index in [0.29, 0.717) is 0 Å². The largest absolute Gasteiger partial charge is 0.456 e. The van der Waals surface area contributed by atoms with Crippen LogP contribution in [-0.2, 0) is 0 Å². The summed E-state index contributed by atoms with van der Waals surface area (Å²) < 4.78 is 15.1. The van der Waals surface area contributed by atoms with Crippen molar-refractivity contribution in [2.24, 2.45) is 0 Å². The molecule has 0 bridgehead atoms. The molecule has 0 atom stereocenters. The number of hydrogen-bond acceptors (Lipinski definition) is 4. The zero-order valence-corrected chi connectivity index (χ0v) is 39.3. The average Bonchev–Trinajstić information content (AvgIpc) is 4.19. The molecule has 4 aromatic heterocycles. The van der Waals surface area contributed by atoms with Crippen LogP contribution >= 0.6 is 0 Å². The predicted octanol–water partition coefficient (Wildman–Crippen LogP) is 19.5.